The molecule has 8 heteroatoms. The van der Waals surface area contributed by atoms with E-state index in [2.05, 4.69) is 5.32 Å². The maximum Gasteiger partial charge on any atom is 0.244 e. The van der Waals surface area contributed by atoms with Crippen molar-refractivity contribution in [2.24, 2.45) is 0 Å². The minimum absolute atomic E-state index is 0.166. The first-order chi connectivity index (χ1) is 18.0. The maximum atomic E-state index is 14.0. The standard InChI is InChI=1S/C30H37N3O4S/c1-6-31-30(35)28(19-25-12-8-7-9-13-25)32(20-26-14-10-11-22(2)17-26)29(34)21-33(38(5,36)37)27-18-23(3)15-16-24(27)4/h7-18,28H,6,19-21H2,1-5H3,(H,31,35)/t28-/m0/s1. The van der Waals surface area contributed by atoms with Gasteiger partial charge in [0.2, 0.25) is 21.8 Å². The van der Waals surface area contributed by atoms with E-state index in [4.69, 9.17) is 0 Å². The Morgan fingerprint density at radius 2 is 1.53 bits per heavy atom. The molecular weight excluding hydrogens is 498 g/mol. The summed E-state index contributed by atoms with van der Waals surface area (Å²) >= 11 is 0. The molecule has 0 aliphatic rings. The Labute approximate surface area is 226 Å². The van der Waals surface area contributed by atoms with Crippen LogP contribution in [0.3, 0.4) is 0 Å². The van der Waals surface area contributed by atoms with Gasteiger partial charge in [0, 0.05) is 19.5 Å². The third-order valence-electron chi connectivity index (χ3n) is 6.37. The number of hydrogen-bond donors (Lipinski definition) is 1. The zero-order chi connectivity index (χ0) is 27.9. The first-order valence-electron chi connectivity index (χ1n) is 12.7. The predicted octanol–water partition coefficient (Wildman–Crippen LogP) is 4.15. The van der Waals surface area contributed by atoms with Gasteiger partial charge in [-0.15, -0.1) is 0 Å². The van der Waals surface area contributed by atoms with Crippen molar-refractivity contribution < 1.29 is 18.0 Å². The number of sulfonamides is 1. The smallest absolute Gasteiger partial charge is 0.244 e. The van der Waals surface area contributed by atoms with Crippen molar-refractivity contribution >= 4 is 27.5 Å². The number of carbonyl (C=O) groups is 2. The van der Waals surface area contributed by atoms with E-state index in [0.717, 1.165) is 38.4 Å². The van der Waals surface area contributed by atoms with Crippen LogP contribution in [-0.4, -0.2) is 50.5 Å². The number of nitrogens with one attached hydrogen (secondary N) is 1. The molecule has 0 aromatic heterocycles. The van der Waals surface area contributed by atoms with Gasteiger partial charge in [0.05, 0.1) is 11.9 Å². The number of amides is 2. The molecule has 0 bridgehead atoms. The third kappa shape index (κ3) is 7.68. The van der Waals surface area contributed by atoms with E-state index in [1.165, 1.54) is 4.90 Å². The number of rotatable bonds is 11. The summed E-state index contributed by atoms with van der Waals surface area (Å²) in [5.41, 5.74) is 4.87. The number of likely N-dealkylation sites (N-methyl/N-ethyl adjacent to an activating group) is 1. The van der Waals surface area contributed by atoms with Crippen LogP contribution in [0, 0.1) is 20.8 Å². The van der Waals surface area contributed by atoms with E-state index in [1.807, 2.05) is 94.4 Å². The molecule has 3 rings (SSSR count). The Morgan fingerprint density at radius 1 is 0.868 bits per heavy atom. The number of aryl methyl sites for hydroxylation is 3. The van der Waals surface area contributed by atoms with Gasteiger partial charge in [0.1, 0.15) is 12.6 Å². The average molecular weight is 536 g/mol. The highest BCUT2D eigenvalue weighted by Gasteiger charge is 2.33. The summed E-state index contributed by atoms with van der Waals surface area (Å²) in [6.45, 7) is 7.64. The Hall–Kier alpha value is -3.65. The van der Waals surface area contributed by atoms with E-state index in [9.17, 15) is 18.0 Å². The van der Waals surface area contributed by atoms with Gasteiger partial charge in [-0.25, -0.2) is 8.42 Å². The Balaban J connectivity index is 2.07. The Kier molecular flexibility index (Phi) is 9.69. The molecule has 38 heavy (non-hydrogen) atoms. The Bertz CT molecular complexity index is 1370. The normalized spacial score (nSPS) is 12.0. The molecule has 0 aliphatic heterocycles. The van der Waals surface area contributed by atoms with Gasteiger partial charge in [-0.1, -0.05) is 72.3 Å². The molecule has 1 N–H and O–H groups in total. The van der Waals surface area contributed by atoms with E-state index in [1.54, 1.807) is 6.07 Å². The van der Waals surface area contributed by atoms with E-state index in [0.29, 0.717) is 18.7 Å². The lowest BCUT2D eigenvalue weighted by Gasteiger charge is -2.34. The molecule has 0 saturated heterocycles. The summed E-state index contributed by atoms with van der Waals surface area (Å²) in [5, 5.41) is 2.87. The number of anilines is 1. The second-order valence-corrected chi connectivity index (χ2v) is 11.6. The third-order valence-corrected chi connectivity index (χ3v) is 7.50. The second kappa shape index (κ2) is 12.7. The fourth-order valence-electron chi connectivity index (χ4n) is 4.44. The lowest BCUT2D eigenvalue weighted by Crippen LogP contribution is -2.53. The highest BCUT2D eigenvalue weighted by Crippen LogP contribution is 2.25. The van der Waals surface area contributed by atoms with Crippen LogP contribution in [0.4, 0.5) is 5.69 Å². The van der Waals surface area contributed by atoms with E-state index in [-0.39, 0.29) is 12.5 Å². The molecular formula is C30H37N3O4S. The first-order valence-corrected chi connectivity index (χ1v) is 14.6. The lowest BCUT2D eigenvalue weighted by atomic mass is 10.0. The highest BCUT2D eigenvalue weighted by molar-refractivity contribution is 7.92. The predicted molar refractivity (Wildman–Crippen MR) is 152 cm³/mol. The summed E-state index contributed by atoms with van der Waals surface area (Å²) in [4.78, 5) is 28.9. The second-order valence-electron chi connectivity index (χ2n) is 9.67. The van der Waals surface area contributed by atoms with Crippen LogP contribution < -0.4 is 9.62 Å². The molecule has 1 atom stereocenters. The van der Waals surface area contributed by atoms with Gasteiger partial charge >= 0.3 is 0 Å². The number of nitrogens with zero attached hydrogens (tertiary/aromatic N) is 2. The monoisotopic (exact) mass is 535 g/mol. The van der Waals surface area contributed by atoms with Crippen LogP contribution in [0.25, 0.3) is 0 Å². The maximum absolute atomic E-state index is 14.0. The van der Waals surface area contributed by atoms with Gasteiger partial charge < -0.3 is 10.2 Å². The first kappa shape index (κ1) is 28.9. The zero-order valence-electron chi connectivity index (χ0n) is 22.8. The summed E-state index contributed by atoms with van der Waals surface area (Å²) in [6.07, 6.45) is 1.39. The summed E-state index contributed by atoms with van der Waals surface area (Å²) in [6, 6.07) is 21.9. The molecule has 0 unspecified atom stereocenters. The van der Waals surface area contributed by atoms with Crippen molar-refractivity contribution in [3.8, 4) is 0 Å². The van der Waals surface area contributed by atoms with Crippen molar-refractivity contribution in [1.82, 2.24) is 10.2 Å². The molecule has 0 aliphatic carbocycles. The molecule has 202 valence electrons. The molecule has 3 aromatic rings. The van der Waals surface area contributed by atoms with Crippen molar-refractivity contribution in [3.63, 3.8) is 0 Å². The van der Waals surface area contributed by atoms with Crippen LogP contribution in [0.1, 0.15) is 34.7 Å². The topological polar surface area (TPSA) is 86.8 Å². The lowest BCUT2D eigenvalue weighted by molar-refractivity contribution is -0.140. The molecule has 0 fully saturated rings. The van der Waals surface area contributed by atoms with Gasteiger partial charge in [0.25, 0.3) is 0 Å². The van der Waals surface area contributed by atoms with E-state index < -0.39 is 28.5 Å². The fraction of sp³-hybridized carbons (Fsp3) is 0.333. The number of carbonyl (C=O) groups excluding carboxylic acids is 2. The van der Waals surface area contributed by atoms with Crippen LogP contribution >= 0.6 is 0 Å². The van der Waals surface area contributed by atoms with Crippen molar-refractivity contribution in [2.45, 2.75) is 46.7 Å². The zero-order valence-corrected chi connectivity index (χ0v) is 23.6. The van der Waals surface area contributed by atoms with Crippen LogP contribution in [0.2, 0.25) is 0 Å². The van der Waals surface area contributed by atoms with Crippen molar-refractivity contribution in [1.29, 1.82) is 0 Å². The fourth-order valence-corrected chi connectivity index (χ4v) is 5.34. The molecule has 2 amide bonds. The minimum atomic E-state index is -3.80. The van der Waals surface area contributed by atoms with Crippen LogP contribution in [-0.2, 0) is 32.6 Å². The average Bonchev–Trinajstić information content (AvgIpc) is 2.86. The number of benzene rings is 3. The Morgan fingerprint density at radius 3 is 2.16 bits per heavy atom. The quantitative estimate of drug-likeness (QED) is 0.400. The van der Waals surface area contributed by atoms with Gasteiger partial charge in [-0.3, -0.25) is 13.9 Å². The van der Waals surface area contributed by atoms with Gasteiger partial charge in [-0.05, 0) is 56.0 Å². The van der Waals surface area contributed by atoms with Gasteiger partial charge in [0.15, 0.2) is 0 Å². The molecule has 0 saturated carbocycles. The van der Waals surface area contributed by atoms with Crippen molar-refractivity contribution in [3.05, 3.63) is 101 Å². The highest BCUT2D eigenvalue weighted by atomic mass is 32.2. The summed E-state index contributed by atoms with van der Waals surface area (Å²) in [7, 11) is -3.80. The van der Waals surface area contributed by atoms with Crippen molar-refractivity contribution in [2.75, 3.05) is 23.7 Å². The number of hydrogen-bond acceptors (Lipinski definition) is 4. The van der Waals surface area contributed by atoms with Crippen LogP contribution in [0.15, 0.2) is 72.8 Å². The summed E-state index contributed by atoms with van der Waals surface area (Å²) < 4.78 is 27.0. The molecule has 0 spiro atoms. The SMILES string of the molecule is CCNC(=O)[C@H](Cc1ccccc1)N(Cc1cccc(C)c1)C(=O)CN(c1cc(C)ccc1C)S(C)(=O)=O. The van der Waals surface area contributed by atoms with Gasteiger partial charge in [-0.2, -0.15) is 0 Å². The molecule has 0 radical (unpaired) electrons. The molecule has 7 nitrogen and oxygen atoms in total. The summed E-state index contributed by atoms with van der Waals surface area (Å²) in [5.74, 6) is -0.736. The largest absolute Gasteiger partial charge is 0.355 e. The minimum Gasteiger partial charge on any atom is -0.355 e. The van der Waals surface area contributed by atoms with E-state index >= 15 is 0 Å². The molecule has 3 aromatic carbocycles. The molecule has 0 heterocycles. The van der Waals surface area contributed by atoms with Crippen LogP contribution in [0.5, 0.6) is 0 Å².